The van der Waals surface area contributed by atoms with Gasteiger partial charge in [0.05, 0.1) is 6.54 Å². The number of nitrogens with zero attached hydrogens (tertiary/aromatic N) is 3. The molecule has 0 spiro atoms. The highest BCUT2D eigenvalue weighted by Gasteiger charge is 2.46. The van der Waals surface area contributed by atoms with Crippen molar-refractivity contribution in [1.82, 2.24) is 25.3 Å². The van der Waals surface area contributed by atoms with Crippen molar-refractivity contribution in [1.29, 1.82) is 0 Å². The molecule has 31 heavy (non-hydrogen) atoms. The van der Waals surface area contributed by atoms with Crippen LogP contribution in [0.3, 0.4) is 0 Å². The van der Waals surface area contributed by atoms with Crippen molar-refractivity contribution in [3.63, 3.8) is 0 Å². The monoisotopic (exact) mass is 429 g/mol. The highest BCUT2D eigenvalue weighted by molar-refractivity contribution is 6.01. The molecule has 8 nitrogen and oxygen atoms in total. The molecule has 1 aromatic rings. The molecular formula is C23H35N5O3. The van der Waals surface area contributed by atoms with E-state index in [2.05, 4.69) is 15.7 Å². The van der Waals surface area contributed by atoms with Crippen LogP contribution in [-0.4, -0.2) is 57.1 Å². The van der Waals surface area contributed by atoms with Gasteiger partial charge < -0.3 is 15.5 Å². The number of aromatic nitrogens is 2. The summed E-state index contributed by atoms with van der Waals surface area (Å²) in [6.45, 7) is 2.01. The Hall–Kier alpha value is -2.38. The van der Waals surface area contributed by atoms with Crippen LogP contribution in [0.1, 0.15) is 98.5 Å². The Kier molecular flexibility index (Phi) is 6.34. The number of carbonyl (C=O) groups is 3. The topological polar surface area (TPSA) is 96.3 Å². The fraction of sp³-hybridized carbons (Fsp3) is 0.739. The van der Waals surface area contributed by atoms with Crippen LogP contribution >= 0.6 is 0 Å². The Balaban J connectivity index is 1.48. The predicted octanol–water partition coefficient (Wildman–Crippen LogP) is 2.63. The Morgan fingerprint density at radius 1 is 0.968 bits per heavy atom. The number of fused-ring (bicyclic) bond motifs is 1. The van der Waals surface area contributed by atoms with E-state index in [1.54, 1.807) is 20.0 Å². The molecule has 0 radical (unpaired) electrons. The minimum atomic E-state index is -1.04. The second-order valence-electron chi connectivity index (χ2n) is 9.68. The largest absolute Gasteiger partial charge is 0.351 e. The lowest BCUT2D eigenvalue weighted by Crippen LogP contribution is -2.63. The highest BCUT2D eigenvalue weighted by atomic mass is 16.2. The van der Waals surface area contributed by atoms with Gasteiger partial charge >= 0.3 is 0 Å². The second kappa shape index (κ2) is 9.01. The molecule has 2 saturated carbocycles. The lowest BCUT2D eigenvalue weighted by molar-refractivity contribution is -0.133. The third kappa shape index (κ3) is 4.48. The summed E-state index contributed by atoms with van der Waals surface area (Å²) in [5.41, 5.74) is -0.433. The van der Waals surface area contributed by atoms with Crippen molar-refractivity contribution in [3.8, 4) is 0 Å². The smallest absolute Gasteiger partial charge is 0.272 e. The summed E-state index contributed by atoms with van der Waals surface area (Å²) in [4.78, 5) is 40.5. The van der Waals surface area contributed by atoms with Gasteiger partial charge in [-0.05, 0) is 32.6 Å². The van der Waals surface area contributed by atoms with Gasteiger partial charge in [-0.1, -0.05) is 44.9 Å². The normalized spacial score (nSPS) is 25.6. The maximum Gasteiger partial charge on any atom is 0.272 e. The zero-order valence-electron chi connectivity index (χ0n) is 18.8. The number of hydrogen-bond donors (Lipinski definition) is 2. The fourth-order valence-electron chi connectivity index (χ4n) is 5.11. The first-order valence-electron chi connectivity index (χ1n) is 11.9. The van der Waals surface area contributed by atoms with Crippen LogP contribution in [0, 0.1) is 0 Å². The van der Waals surface area contributed by atoms with Crippen LogP contribution in [0.15, 0.2) is 6.07 Å². The molecule has 0 aromatic carbocycles. The standard InChI is InChI=1S/C23H35N5O3/c1-23(22(31)25-17-12-8-5-9-13-17)15-28-19(21(30)27(23)2)14-18(26-28)20(29)24-16-10-6-3-4-7-11-16/h14,16-17H,3-13,15H2,1-2H3,(H,24,29)(H,25,31). The zero-order chi connectivity index (χ0) is 22.0. The Morgan fingerprint density at radius 2 is 1.52 bits per heavy atom. The first kappa shape index (κ1) is 21.8. The molecule has 3 amide bonds. The minimum absolute atomic E-state index is 0.152. The van der Waals surface area contributed by atoms with E-state index in [0.29, 0.717) is 5.69 Å². The van der Waals surface area contributed by atoms with E-state index in [9.17, 15) is 14.4 Å². The molecule has 8 heteroatoms. The molecule has 170 valence electrons. The van der Waals surface area contributed by atoms with E-state index in [-0.39, 0.29) is 42.0 Å². The van der Waals surface area contributed by atoms with Crippen LogP contribution in [-0.2, 0) is 11.3 Å². The molecule has 2 fully saturated rings. The molecule has 1 unspecified atom stereocenters. The number of amides is 3. The van der Waals surface area contributed by atoms with Gasteiger partial charge in [0.15, 0.2) is 5.69 Å². The van der Waals surface area contributed by atoms with Crippen LogP contribution in [0.2, 0.25) is 0 Å². The van der Waals surface area contributed by atoms with E-state index >= 15 is 0 Å². The van der Waals surface area contributed by atoms with Crippen molar-refractivity contribution in [2.45, 2.75) is 102 Å². The van der Waals surface area contributed by atoms with Gasteiger partial charge in [-0.25, -0.2) is 0 Å². The van der Waals surface area contributed by atoms with Gasteiger partial charge in [0.1, 0.15) is 11.2 Å². The van der Waals surface area contributed by atoms with Gasteiger partial charge in [-0.2, -0.15) is 5.10 Å². The quantitative estimate of drug-likeness (QED) is 0.719. The lowest BCUT2D eigenvalue weighted by Gasteiger charge is -2.41. The summed E-state index contributed by atoms with van der Waals surface area (Å²) in [6.07, 6.45) is 12.1. The maximum atomic E-state index is 13.2. The van der Waals surface area contributed by atoms with Gasteiger partial charge in [0.2, 0.25) is 5.91 Å². The van der Waals surface area contributed by atoms with E-state index in [1.165, 1.54) is 28.8 Å². The molecule has 2 N–H and O–H groups in total. The summed E-state index contributed by atoms with van der Waals surface area (Å²) in [5.74, 6) is -0.674. The fourth-order valence-corrected chi connectivity index (χ4v) is 5.11. The molecule has 2 aliphatic carbocycles. The lowest BCUT2D eigenvalue weighted by atomic mass is 9.92. The van der Waals surface area contributed by atoms with Gasteiger partial charge in [-0.15, -0.1) is 0 Å². The molecule has 0 saturated heterocycles. The van der Waals surface area contributed by atoms with Crippen molar-refractivity contribution >= 4 is 17.7 Å². The molecule has 0 bridgehead atoms. The van der Waals surface area contributed by atoms with E-state index in [4.69, 9.17) is 0 Å². The Morgan fingerprint density at radius 3 is 2.13 bits per heavy atom. The van der Waals surface area contributed by atoms with Crippen LogP contribution in [0.5, 0.6) is 0 Å². The first-order chi connectivity index (χ1) is 14.9. The summed E-state index contributed by atoms with van der Waals surface area (Å²) >= 11 is 0. The SMILES string of the molecule is CN1C(=O)c2cc(C(=O)NC3CCCCCC3)nn2CC1(C)C(=O)NC1CCCCC1. The van der Waals surface area contributed by atoms with Crippen LogP contribution in [0.4, 0.5) is 0 Å². The summed E-state index contributed by atoms with van der Waals surface area (Å²) in [5, 5.41) is 10.7. The van der Waals surface area contributed by atoms with E-state index < -0.39 is 5.54 Å². The molecule has 3 aliphatic rings. The molecule has 2 heterocycles. The number of likely N-dealkylation sites (N-methyl/N-ethyl adjacent to an activating group) is 1. The molecule has 1 aliphatic heterocycles. The number of hydrogen-bond acceptors (Lipinski definition) is 4. The van der Waals surface area contributed by atoms with Gasteiger partial charge in [0.25, 0.3) is 11.8 Å². The van der Waals surface area contributed by atoms with Crippen molar-refractivity contribution in [2.24, 2.45) is 0 Å². The van der Waals surface area contributed by atoms with Crippen LogP contribution < -0.4 is 10.6 Å². The highest BCUT2D eigenvalue weighted by Crippen LogP contribution is 2.27. The number of nitrogens with one attached hydrogen (secondary N) is 2. The third-order valence-corrected chi connectivity index (χ3v) is 7.35. The number of rotatable bonds is 4. The molecule has 1 atom stereocenters. The number of carbonyl (C=O) groups excluding carboxylic acids is 3. The third-order valence-electron chi connectivity index (χ3n) is 7.35. The average molecular weight is 430 g/mol. The second-order valence-corrected chi connectivity index (χ2v) is 9.68. The Bertz CT molecular complexity index is 836. The Labute approximate surface area is 184 Å². The van der Waals surface area contributed by atoms with Crippen molar-refractivity contribution in [2.75, 3.05) is 7.05 Å². The van der Waals surface area contributed by atoms with Crippen molar-refractivity contribution < 1.29 is 14.4 Å². The molecule has 4 rings (SSSR count). The minimum Gasteiger partial charge on any atom is -0.351 e. The zero-order valence-corrected chi connectivity index (χ0v) is 18.8. The molecular weight excluding hydrogens is 394 g/mol. The molecule has 1 aromatic heterocycles. The summed E-state index contributed by atoms with van der Waals surface area (Å²) in [6, 6.07) is 1.89. The van der Waals surface area contributed by atoms with Crippen molar-refractivity contribution in [3.05, 3.63) is 17.5 Å². The predicted molar refractivity (Wildman–Crippen MR) is 117 cm³/mol. The average Bonchev–Trinajstić information content (AvgIpc) is 3.01. The summed E-state index contributed by atoms with van der Waals surface area (Å²) in [7, 11) is 1.66. The maximum absolute atomic E-state index is 13.2. The van der Waals surface area contributed by atoms with E-state index in [0.717, 1.165) is 51.4 Å². The van der Waals surface area contributed by atoms with E-state index in [1.807, 2.05) is 0 Å². The van der Waals surface area contributed by atoms with Gasteiger partial charge in [0, 0.05) is 25.2 Å². The van der Waals surface area contributed by atoms with Gasteiger partial charge in [-0.3, -0.25) is 19.1 Å². The first-order valence-corrected chi connectivity index (χ1v) is 11.9. The summed E-state index contributed by atoms with van der Waals surface area (Å²) < 4.78 is 1.53. The van der Waals surface area contributed by atoms with Crippen LogP contribution in [0.25, 0.3) is 0 Å².